The third-order valence-corrected chi connectivity index (χ3v) is 1.91. The zero-order valence-corrected chi connectivity index (χ0v) is 8.73. The molecule has 5 heteroatoms. The maximum absolute atomic E-state index is 11.5. The number of aryl methyl sites for hydroxylation is 1. The number of aromatic nitrogens is 1. The van der Waals surface area contributed by atoms with Crippen LogP contribution in [-0.2, 0) is 0 Å². The molecule has 0 radical (unpaired) electrons. The van der Waals surface area contributed by atoms with Crippen molar-refractivity contribution < 1.29 is 9.21 Å². The number of amides is 2. The highest BCUT2D eigenvalue weighted by molar-refractivity contribution is 5.98. The third-order valence-electron chi connectivity index (χ3n) is 1.91. The molecule has 2 heterocycles. The van der Waals surface area contributed by atoms with Gasteiger partial charge in [0.1, 0.15) is 5.82 Å². The summed E-state index contributed by atoms with van der Waals surface area (Å²) in [5.41, 5.74) is 1.03. The molecule has 0 saturated heterocycles. The highest BCUT2D eigenvalue weighted by Gasteiger charge is 2.04. The van der Waals surface area contributed by atoms with Crippen LogP contribution < -0.4 is 10.6 Å². The molecule has 2 aromatic heterocycles. The van der Waals surface area contributed by atoms with Crippen molar-refractivity contribution in [2.45, 2.75) is 6.92 Å². The topological polar surface area (TPSA) is 67.2 Å². The van der Waals surface area contributed by atoms with Gasteiger partial charge in [-0.3, -0.25) is 10.6 Å². The van der Waals surface area contributed by atoms with E-state index in [9.17, 15) is 4.79 Å². The van der Waals surface area contributed by atoms with Gasteiger partial charge in [0.05, 0.1) is 6.26 Å². The van der Waals surface area contributed by atoms with E-state index >= 15 is 0 Å². The van der Waals surface area contributed by atoms with Gasteiger partial charge >= 0.3 is 6.03 Å². The second-order valence-corrected chi connectivity index (χ2v) is 3.27. The fourth-order valence-electron chi connectivity index (χ4n) is 1.21. The number of anilines is 2. The van der Waals surface area contributed by atoms with E-state index in [0.717, 1.165) is 5.56 Å². The molecule has 0 atom stereocenters. The van der Waals surface area contributed by atoms with Gasteiger partial charge in [0.15, 0.2) is 0 Å². The van der Waals surface area contributed by atoms with Crippen LogP contribution in [0.5, 0.6) is 0 Å². The van der Waals surface area contributed by atoms with E-state index in [1.165, 1.54) is 6.26 Å². The van der Waals surface area contributed by atoms with Crippen LogP contribution in [0, 0.1) is 6.92 Å². The Bertz CT molecular complexity index is 480. The number of carbonyl (C=O) groups is 1. The molecule has 0 spiro atoms. The van der Waals surface area contributed by atoms with Crippen molar-refractivity contribution in [3.8, 4) is 0 Å². The lowest BCUT2D eigenvalue weighted by atomic mass is 10.3. The molecule has 0 unspecified atom stereocenters. The van der Waals surface area contributed by atoms with Crippen LogP contribution in [0.15, 0.2) is 41.1 Å². The number of hydrogen-bond donors (Lipinski definition) is 2. The standard InChI is InChI=1S/C11H11N3O2/c1-8-4-5-12-9(7-8)13-11(15)14-10-3-2-6-16-10/h2-7H,1H3,(H2,12,13,14,15). The summed E-state index contributed by atoms with van der Waals surface area (Å²) < 4.78 is 4.97. The fourth-order valence-corrected chi connectivity index (χ4v) is 1.21. The van der Waals surface area contributed by atoms with Crippen molar-refractivity contribution in [1.82, 2.24) is 4.98 Å². The predicted octanol–water partition coefficient (Wildman–Crippen LogP) is 2.63. The monoisotopic (exact) mass is 217 g/mol. The second kappa shape index (κ2) is 4.48. The van der Waals surface area contributed by atoms with Gasteiger partial charge in [-0.15, -0.1) is 0 Å². The average molecular weight is 217 g/mol. The van der Waals surface area contributed by atoms with Crippen LogP contribution in [0.3, 0.4) is 0 Å². The molecular formula is C11H11N3O2. The van der Waals surface area contributed by atoms with Gasteiger partial charge in [-0.05, 0) is 30.7 Å². The Morgan fingerprint density at radius 1 is 1.38 bits per heavy atom. The van der Waals surface area contributed by atoms with Gasteiger partial charge in [0.25, 0.3) is 0 Å². The summed E-state index contributed by atoms with van der Waals surface area (Å²) in [5.74, 6) is 0.897. The highest BCUT2D eigenvalue weighted by Crippen LogP contribution is 2.09. The lowest BCUT2D eigenvalue weighted by molar-refractivity contribution is 0.261. The molecule has 0 aliphatic rings. The molecule has 0 aromatic carbocycles. The first-order valence-corrected chi connectivity index (χ1v) is 4.78. The van der Waals surface area contributed by atoms with Gasteiger partial charge in [-0.25, -0.2) is 9.78 Å². The lowest BCUT2D eigenvalue weighted by Gasteiger charge is -2.04. The molecule has 5 nitrogen and oxygen atoms in total. The maximum atomic E-state index is 11.5. The fraction of sp³-hybridized carbons (Fsp3) is 0.0909. The third kappa shape index (κ3) is 2.60. The SMILES string of the molecule is Cc1ccnc(NC(=O)Nc2ccco2)c1. The smallest absolute Gasteiger partial charge is 0.327 e. The molecule has 2 N–H and O–H groups in total. The average Bonchev–Trinajstić information content (AvgIpc) is 2.70. The molecule has 0 saturated carbocycles. The molecule has 2 aromatic rings. The largest absolute Gasteiger partial charge is 0.449 e. The van der Waals surface area contributed by atoms with Crippen molar-refractivity contribution in [2.75, 3.05) is 10.6 Å². The van der Waals surface area contributed by atoms with Crippen molar-refractivity contribution in [1.29, 1.82) is 0 Å². The van der Waals surface area contributed by atoms with E-state index in [0.29, 0.717) is 11.7 Å². The van der Waals surface area contributed by atoms with Crippen LogP contribution in [0.2, 0.25) is 0 Å². The highest BCUT2D eigenvalue weighted by atomic mass is 16.3. The molecule has 0 bridgehead atoms. The van der Waals surface area contributed by atoms with E-state index < -0.39 is 0 Å². The van der Waals surface area contributed by atoms with Gasteiger partial charge < -0.3 is 4.42 Å². The Morgan fingerprint density at radius 3 is 2.94 bits per heavy atom. The number of nitrogens with one attached hydrogen (secondary N) is 2. The van der Waals surface area contributed by atoms with E-state index in [1.807, 2.05) is 13.0 Å². The van der Waals surface area contributed by atoms with Crippen molar-refractivity contribution in [3.05, 3.63) is 42.3 Å². The lowest BCUT2D eigenvalue weighted by Crippen LogP contribution is -2.19. The van der Waals surface area contributed by atoms with Crippen LogP contribution >= 0.6 is 0 Å². The van der Waals surface area contributed by atoms with Crippen LogP contribution in [0.1, 0.15) is 5.56 Å². The maximum Gasteiger partial charge on any atom is 0.327 e. The first-order chi connectivity index (χ1) is 7.74. The van der Waals surface area contributed by atoms with Gasteiger partial charge in [0.2, 0.25) is 5.88 Å². The zero-order valence-electron chi connectivity index (χ0n) is 8.73. The Morgan fingerprint density at radius 2 is 2.25 bits per heavy atom. The van der Waals surface area contributed by atoms with Crippen molar-refractivity contribution in [3.63, 3.8) is 0 Å². The van der Waals surface area contributed by atoms with Gasteiger partial charge in [-0.2, -0.15) is 0 Å². The van der Waals surface area contributed by atoms with E-state index in [1.54, 1.807) is 24.4 Å². The Labute approximate surface area is 92.5 Å². The summed E-state index contributed by atoms with van der Waals surface area (Å²) in [4.78, 5) is 15.5. The Kier molecular flexibility index (Phi) is 2.86. The molecule has 0 fully saturated rings. The Balaban J connectivity index is 1.97. The summed E-state index contributed by atoms with van der Waals surface area (Å²) in [6, 6.07) is 6.61. The normalized spacial score (nSPS) is 9.81. The number of carbonyl (C=O) groups excluding carboxylic acids is 1. The minimum atomic E-state index is -0.381. The first-order valence-electron chi connectivity index (χ1n) is 4.78. The zero-order chi connectivity index (χ0) is 11.4. The minimum absolute atomic E-state index is 0.381. The van der Waals surface area contributed by atoms with Crippen LogP contribution in [0.25, 0.3) is 0 Å². The molecule has 0 aliphatic carbocycles. The van der Waals surface area contributed by atoms with E-state index in [4.69, 9.17) is 4.42 Å². The summed E-state index contributed by atoms with van der Waals surface area (Å²) in [6.45, 7) is 1.93. The number of urea groups is 1. The summed E-state index contributed by atoms with van der Waals surface area (Å²) >= 11 is 0. The van der Waals surface area contributed by atoms with E-state index in [2.05, 4.69) is 15.6 Å². The number of furan rings is 1. The minimum Gasteiger partial charge on any atom is -0.449 e. The van der Waals surface area contributed by atoms with Gasteiger partial charge in [-0.1, -0.05) is 0 Å². The molecular weight excluding hydrogens is 206 g/mol. The molecule has 0 aliphatic heterocycles. The first kappa shape index (κ1) is 10.2. The molecule has 16 heavy (non-hydrogen) atoms. The summed E-state index contributed by atoms with van der Waals surface area (Å²) in [6.07, 6.45) is 3.12. The molecule has 2 rings (SSSR count). The molecule has 82 valence electrons. The van der Waals surface area contributed by atoms with Crippen molar-refractivity contribution in [2.24, 2.45) is 0 Å². The predicted molar refractivity (Wildman–Crippen MR) is 60.3 cm³/mol. The van der Waals surface area contributed by atoms with Crippen molar-refractivity contribution >= 4 is 17.7 Å². The summed E-state index contributed by atoms with van der Waals surface area (Å²) in [5, 5.41) is 5.13. The van der Waals surface area contributed by atoms with Gasteiger partial charge in [0, 0.05) is 12.3 Å². The number of nitrogens with zero attached hydrogens (tertiary/aromatic N) is 1. The van der Waals surface area contributed by atoms with E-state index in [-0.39, 0.29) is 6.03 Å². The number of hydrogen-bond acceptors (Lipinski definition) is 3. The number of rotatable bonds is 2. The second-order valence-electron chi connectivity index (χ2n) is 3.27. The van der Waals surface area contributed by atoms with Crippen LogP contribution in [0.4, 0.5) is 16.5 Å². The Hall–Kier alpha value is -2.30. The quantitative estimate of drug-likeness (QED) is 0.812. The number of pyridine rings is 1. The van der Waals surface area contributed by atoms with Crippen LogP contribution in [-0.4, -0.2) is 11.0 Å². The summed E-state index contributed by atoms with van der Waals surface area (Å²) in [7, 11) is 0. The molecule has 2 amide bonds.